The van der Waals surface area contributed by atoms with Crippen LogP contribution in [0.5, 0.6) is 0 Å². The summed E-state index contributed by atoms with van der Waals surface area (Å²) in [5.74, 6) is -49.1. The molecule has 0 amide bonds. The molecule has 1 aliphatic rings. The lowest BCUT2D eigenvalue weighted by Gasteiger charge is -2.53. The number of rotatable bonds is 2. The summed E-state index contributed by atoms with van der Waals surface area (Å²) in [5.41, 5.74) is -11.1. The monoisotopic (exact) mass is 430 g/mol. The van der Waals surface area contributed by atoms with Crippen molar-refractivity contribution in [3.05, 3.63) is 11.6 Å². The van der Waals surface area contributed by atoms with Gasteiger partial charge in [0.2, 0.25) is 0 Å². The molecule has 4 nitrogen and oxygen atoms in total. The molecule has 1 saturated carbocycles. The van der Waals surface area contributed by atoms with Crippen LogP contribution in [-0.2, 0) is 5.92 Å². The van der Waals surface area contributed by atoms with Gasteiger partial charge in [-0.2, -0.15) is 57.1 Å². The number of hydrogen-bond donors (Lipinski definition) is 0. The maximum absolute atomic E-state index is 14.3. The predicted octanol–water partition coefficient (Wildman–Crippen LogP) is 3.40. The first-order valence-electron chi connectivity index (χ1n) is 5.94. The first-order valence-corrected chi connectivity index (χ1v) is 5.94. The van der Waals surface area contributed by atoms with Gasteiger partial charge in [0, 0.05) is 0 Å². The quantitative estimate of drug-likeness (QED) is 0.676. The molecule has 18 heteroatoms. The van der Waals surface area contributed by atoms with Crippen molar-refractivity contribution in [2.75, 3.05) is 0 Å². The molecular formula is C9F14N4. The number of alkyl halides is 13. The van der Waals surface area contributed by atoms with Crippen LogP contribution in [0.2, 0.25) is 0 Å². The van der Waals surface area contributed by atoms with Crippen molar-refractivity contribution in [1.29, 1.82) is 0 Å². The number of halogens is 14. The lowest BCUT2D eigenvalue weighted by molar-refractivity contribution is -0.508. The Morgan fingerprint density at radius 2 is 0.889 bits per heavy atom. The molecule has 0 atom stereocenters. The van der Waals surface area contributed by atoms with E-state index in [2.05, 4.69) is 5.21 Å². The van der Waals surface area contributed by atoms with Crippen LogP contribution in [-0.4, -0.2) is 55.9 Å². The van der Waals surface area contributed by atoms with E-state index in [4.69, 9.17) is 0 Å². The van der Waals surface area contributed by atoms with Crippen molar-refractivity contribution in [3.8, 4) is 0 Å². The van der Waals surface area contributed by atoms with Gasteiger partial charge in [0.1, 0.15) is 0 Å². The van der Waals surface area contributed by atoms with Gasteiger partial charge in [-0.1, -0.05) is 5.10 Å². The zero-order valence-electron chi connectivity index (χ0n) is 11.6. The highest BCUT2D eigenvalue weighted by atomic mass is 19.4. The topological polar surface area (TPSA) is 51.6 Å². The van der Waals surface area contributed by atoms with Crippen LogP contribution < -0.4 is 0 Å². The highest BCUT2D eigenvalue weighted by Crippen LogP contribution is 2.73. The Hall–Kier alpha value is -2.04. The second-order valence-corrected chi connectivity index (χ2v) is 5.12. The van der Waals surface area contributed by atoms with E-state index in [9.17, 15) is 61.5 Å². The molecule has 0 aliphatic heterocycles. The summed E-state index contributed by atoms with van der Waals surface area (Å²) in [4.78, 5) is 0. The SMILES string of the molecule is Fc1nnnnc1C(F)(F)C1(F)C(F)(F)C(F)(F)C(F)(F)C(F)(F)C1(F)F. The molecule has 0 saturated heterocycles. The van der Waals surface area contributed by atoms with Gasteiger partial charge in [0.15, 0.2) is 5.69 Å². The van der Waals surface area contributed by atoms with Crippen LogP contribution in [0.1, 0.15) is 5.69 Å². The summed E-state index contributed by atoms with van der Waals surface area (Å²) in [6, 6.07) is 0. The second kappa shape index (κ2) is 5.06. The molecule has 154 valence electrons. The number of aromatic nitrogens is 4. The highest BCUT2D eigenvalue weighted by Gasteiger charge is 3.05. The Bertz CT molecular complexity index is 731. The third kappa shape index (κ3) is 1.90. The molecule has 0 bridgehead atoms. The summed E-state index contributed by atoms with van der Waals surface area (Å²) in [7, 11) is 0. The lowest BCUT2D eigenvalue weighted by Crippen LogP contribution is -2.86. The standard InChI is InChI=1S/C9F14N4/c10-2-1(24-26-27-25-2)3(11,12)4(13)5(14,15)7(18,19)9(22,23)8(20,21)6(4,16)17. The summed E-state index contributed by atoms with van der Waals surface area (Å²) >= 11 is 0. The van der Waals surface area contributed by atoms with Crippen LogP contribution in [0, 0.1) is 5.95 Å². The molecule has 1 aromatic rings. The molecule has 0 spiro atoms. The fourth-order valence-corrected chi connectivity index (χ4v) is 2.18. The molecule has 27 heavy (non-hydrogen) atoms. The van der Waals surface area contributed by atoms with Crippen molar-refractivity contribution in [2.45, 2.75) is 41.2 Å². The fraction of sp³-hybridized carbons (Fsp3) is 0.778. The zero-order valence-corrected chi connectivity index (χ0v) is 11.6. The van der Waals surface area contributed by atoms with Crippen molar-refractivity contribution in [1.82, 2.24) is 20.6 Å². The van der Waals surface area contributed by atoms with Crippen molar-refractivity contribution in [2.24, 2.45) is 0 Å². The Kier molecular flexibility index (Phi) is 3.99. The minimum Gasteiger partial charge on any atom is -0.222 e. The first-order chi connectivity index (χ1) is 11.8. The molecule has 1 aliphatic carbocycles. The average Bonchev–Trinajstić information content (AvgIpc) is 2.52. The van der Waals surface area contributed by atoms with E-state index in [1.807, 2.05) is 10.3 Å². The largest absolute Gasteiger partial charge is 0.384 e. The van der Waals surface area contributed by atoms with Gasteiger partial charge in [-0.25, -0.2) is 4.39 Å². The number of nitrogens with zero attached hydrogens (tertiary/aromatic N) is 4. The second-order valence-electron chi connectivity index (χ2n) is 5.12. The first kappa shape index (κ1) is 21.3. The maximum atomic E-state index is 14.3. The van der Waals surface area contributed by atoms with Gasteiger partial charge >= 0.3 is 41.2 Å². The van der Waals surface area contributed by atoms with Crippen LogP contribution in [0.25, 0.3) is 0 Å². The van der Waals surface area contributed by atoms with Crippen LogP contribution in [0.15, 0.2) is 0 Å². The van der Waals surface area contributed by atoms with Crippen molar-refractivity contribution >= 4 is 0 Å². The summed E-state index contributed by atoms with van der Waals surface area (Å²) < 4.78 is 188. The normalized spacial score (nSPS) is 27.2. The third-order valence-corrected chi connectivity index (χ3v) is 3.69. The molecular weight excluding hydrogens is 430 g/mol. The van der Waals surface area contributed by atoms with Gasteiger partial charge in [-0.3, -0.25) is 0 Å². The highest BCUT2D eigenvalue weighted by molar-refractivity contribution is 5.32. The van der Waals surface area contributed by atoms with E-state index < -0.39 is 52.8 Å². The third-order valence-electron chi connectivity index (χ3n) is 3.69. The van der Waals surface area contributed by atoms with Gasteiger partial charge in [-0.15, -0.1) is 5.10 Å². The molecule has 1 fully saturated rings. The van der Waals surface area contributed by atoms with Crippen LogP contribution >= 0.6 is 0 Å². The van der Waals surface area contributed by atoms with E-state index in [1.54, 1.807) is 5.10 Å². The van der Waals surface area contributed by atoms with Crippen molar-refractivity contribution in [3.63, 3.8) is 0 Å². The zero-order chi connectivity index (χ0) is 21.5. The van der Waals surface area contributed by atoms with Gasteiger partial charge in [-0.05, 0) is 10.4 Å². The summed E-state index contributed by atoms with van der Waals surface area (Å²) in [6.45, 7) is 0. The molecule has 1 heterocycles. The van der Waals surface area contributed by atoms with Crippen LogP contribution in [0.4, 0.5) is 61.5 Å². The van der Waals surface area contributed by atoms with Gasteiger partial charge in [0.05, 0.1) is 0 Å². The Labute approximate surface area is 136 Å². The van der Waals surface area contributed by atoms with E-state index in [0.717, 1.165) is 0 Å². The van der Waals surface area contributed by atoms with Gasteiger partial charge in [0.25, 0.3) is 5.95 Å². The molecule has 0 radical (unpaired) electrons. The number of hydrogen-bond acceptors (Lipinski definition) is 4. The molecule has 0 unspecified atom stereocenters. The Morgan fingerprint density at radius 1 is 0.556 bits per heavy atom. The minimum absolute atomic E-state index is 1.80. The minimum atomic E-state index is -7.88. The maximum Gasteiger partial charge on any atom is 0.384 e. The van der Waals surface area contributed by atoms with E-state index in [1.165, 1.54) is 0 Å². The van der Waals surface area contributed by atoms with Crippen LogP contribution in [0.3, 0.4) is 0 Å². The molecule has 0 N–H and O–H groups in total. The lowest BCUT2D eigenvalue weighted by atomic mass is 9.68. The Balaban J connectivity index is 2.97. The van der Waals surface area contributed by atoms with E-state index >= 15 is 0 Å². The smallest absolute Gasteiger partial charge is 0.222 e. The van der Waals surface area contributed by atoms with Gasteiger partial charge < -0.3 is 0 Å². The molecule has 1 aromatic heterocycles. The Morgan fingerprint density at radius 3 is 1.26 bits per heavy atom. The fourth-order valence-electron chi connectivity index (χ4n) is 2.18. The van der Waals surface area contributed by atoms with E-state index in [-0.39, 0.29) is 0 Å². The summed E-state index contributed by atoms with van der Waals surface area (Å²) in [5, 5.41) is 7.89. The predicted molar refractivity (Wildman–Crippen MR) is 50.0 cm³/mol. The molecule has 2 rings (SSSR count). The summed E-state index contributed by atoms with van der Waals surface area (Å²) in [6.07, 6.45) is 0. The van der Waals surface area contributed by atoms with E-state index in [0.29, 0.717) is 0 Å². The molecule has 0 aromatic carbocycles. The van der Waals surface area contributed by atoms with Crippen molar-refractivity contribution < 1.29 is 61.5 Å². The average molecular weight is 430 g/mol.